The molecule has 0 bridgehead atoms. The minimum absolute atomic E-state index is 0.00394. The number of aromatic nitrogens is 2. The molecule has 0 aromatic carbocycles. The minimum atomic E-state index is -0.559. The van der Waals surface area contributed by atoms with Crippen LogP contribution in [0.5, 0.6) is 0 Å². The molecule has 0 aliphatic carbocycles. The van der Waals surface area contributed by atoms with Crippen LogP contribution >= 0.6 is 0 Å². The Morgan fingerprint density at radius 3 is 2.39 bits per heavy atom. The molecule has 0 spiro atoms. The first-order chi connectivity index (χ1) is 8.31. The minimum Gasteiger partial charge on any atom is -0.383 e. The van der Waals surface area contributed by atoms with E-state index >= 15 is 0 Å². The van der Waals surface area contributed by atoms with E-state index in [0.29, 0.717) is 0 Å². The highest BCUT2D eigenvalue weighted by atomic mass is 16.2. The summed E-state index contributed by atoms with van der Waals surface area (Å²) in [5.74, 6) is -0.144. The number of anilines is 2. The summed E-state index contributed by atoms with van der Waals surface area (Å²) < 4.78 is 2.08. The normalized spacial score (nSPS) is 10.2. The van der Waals surface area contributed by atoms with Gasteiger partial charge in [-0.15, -0.1) is 0 Å². The topological polar surface area (TPSA) is 90.3 Å². The van der Waals surface area contributed by atoms with Gasteiger partial charge in [0.1, 0.15) is 17.3 Å². The molecule has 0 aliphatic heterocycles. The van der Waals surface area contributed by atoms with Gasteiger partial charge in [-0.2, -0.15) is 0 Å². The number of carbonyl (C=O) groups excluding carboxylic acids is 1. The molecule has 1 aromatic heterocycles. The van der Waals surface area contributed by atoms with Crippen molar-refractivity contribution in [1.82, 2.24) is 9.13 Å². The van der Waals surface area contributed by atoms with Crippen LogP contribution in [0, 0.1) is 0 Å². The second-order valence-corrected chi connectivity index (χ2v) is 3.95. The summed E-state index contributed by atoms with van der Waals surface area (Å²) in [6, 6.07) is 0. The summed E-state index contributed by atoms with van der Waals surface area (Å²) in [4.78, 5) is 36.1. The molecular formula is C11H16N4O3. The third-order valence-corrected chi connectivity index (χ3v) is 2.59. The van der Waals surface area contributed by atoms with E-state index in [4.69, 9.17) is 5.73 Å². The monoisotopic (exact) mass is 252 g/mol. The van der Waals surface area contributed by atoms with E-state index in [1.807, 2.05) is 0 Å². The van der Waals surface area contributed by atoms with Crippen molar-refractivity contribution in [3.63, 3.8) is 0 Å². The van der Waals surface area contributed by atoms with Crippen LogP contribution in [0.25, 0.3) is 0 Å². The molecule has 0 radical (unpaired) electrons. The maximum Gasteiger partial charge on any atom is 0.332 e. The molecule has 0 fully saturated rings. The van der Waals surface area contributed by atoms with Gasteiger partial charge in [-0.25, -0.2) is 4.79 Å². The zero-order valence-corrected chi connectivity index (χ0v) is 10.6. The van der Waals surface area contributed by atoms with E-state index < -0.39 is 11.2 Å². The van der Waals surface area contributed by atoms with E-state index in [1.165, 1.54) is 32.1 Å². The molecule has 98 valence electrons. The van der Waals surface area contributed by atoms with Gasteiger partial charge in [-0.05, 0) is 13.1 Å². The second-order valence-electron chi connectivity index (χ2n) is 3.95. The molecule has 0 saturated carbocycles. The molecule has 1 rings (SSSR count). The van der Waals surface area contributed by atoms with Crippen molar-refractivity contribution in [3.8, 4) is 0 Å². The van der Waals surface area contributed by atoms with E-state index in [1.54, 1.807) is 0 Å². The average Bonchev–Trinajstić information content (AvgIpc) is 2.32. The molecule has 0 saturated heterocycles. The Kier molecular flexibility index (Phi) is 3.75. The fourth-order valence-electron chi connectivity index (χ4n) is 1.59. The van der Waals surface area contributed by atoms with Crippen molar-refractivity contribution in [2.45, 2.75) is 6.92 Å². The van der Waals surface area contributed by atoms with Gasteiger partial charge in [0, 0.05) is 14.1 Å². The van der Waals surface area contributed by atoms with Crippen molar-refractivity contribution in [1.29, 1.82) is 0 Å². The number of Topliss-reactive ketones (excluding diaryl/α,β-unsaturated/α-hetero) is 1. The fraction of sp³-hybridized carbons (Fsp3) is 0.364. The number of nitrogen functional groups attached to an aromatic ring is 1. The lowest BCUT2D eigenvalue weighted by molar-refractivity contribution is -0.115. The highest BCUT2D eigenvalue weighted by molar-refractivity contribution is 5.82. The Morgan fingerprint density at radius 1 is 1.39 bits per heavy atom. The Bertz CT molecular complexity index is 612. The van der Waals surface area contributed by atoms with Crippen molar-refractivity contribution in [2.75, 3.05) is 17.2 Å². The lowest BCUT2D eigenvalue weighted by atomic mass is 10.3. The fourth-order valence-corrected chi connectivity index (χ4v) is 1.59. The summed E-state index contributed by atoms with van der Waals surface area (Å²) in [5.41, 5.74) is 4.75. The lowest BCUT2D eigenvalue weighted by Gasteiger charge is -2.21. The summed E-state index contributed by atoms with van der Waals surface area (Å²) in [5, 5.41) is 0. The molecular weight excluding hydrogens is 236 g/mol. The maximum absolute atomic E-state index is 12.0. The molecule has 2 N–H and O–H groups in total. The van der Waals surface area contributed by atoms with Gasteiger partial charge in [0.2, 0.25) is 0 Å². The molecule has 1 aromatic rings. The summed E-state index contributed by atoms with van der Waals surface area (Å²) in [7, 11) is 2.80. The first-order valence-corrected chi connectivity index (χ1v) is 5.25. The molecule has 0 amide bonds. The molecule has 18 heavy (non-hydrogen) atoms. The predicted octanol–water partition coefficient (Wildman–Crippen LogP) is -0.795. The molecule has 7 nitrogen and oxygen atoms in total. The zero-order chi connectivity index (χ0) is 14.0. The molecule has 0 atom stereocenters. The number of nitrogens with two attached hydrogens (primary N) is 1. The molecule has 7 heteroatoms. The van der Waals surface area contributed by atoms with E-state index in [9.17, 15) is 14.4 Å². The summed E-state index contributed by atoms with van der Waals surface area (Å²) in [6.07, 6.45) is 1.33. The lowest BCUT2D eigenvalue weighted by Crippen LogP contribution is -2.42. The smallest absolute Gasteiger partial charge is 0.332 e. The van der Waals surface area contributed by atoms with Crippen LogP contribution < -0.4 is 21.9 Å². The zero-order valence-electron chi connectivity index (χ0n) is 10.6. The van der Waals surface area contributed by atoms with Crippen molar-refractivity contribution in [2.24, 2.45) is 14.1 Å². The molecule has 0 aliphatic rings. The SMILES string of the molecule is C=CN(CC(C)=O)c1c(N)n(C)c(=O)n(C)c1=O. The Balaban J connectivity index is 3.59. The number of ketones is 1. The number of carbonyl (C=O) groups is 1. The van der Waals surface area contributed by atoms with Crippen LogP contribution in [-0.4, -0.2) is 21.5 Å². The van der Waals surface area contributed by atoms with Gasteiger partial charge in [0.25, 0.3) is 5.56 Å². The van der Waals surface area contributed by atoms with Crippen molar-refractivity contribution >= 4 is 17.3 Å². The summed E-state index contributed by atoms with van der Waals surface area (Å²) >= 11 is 0. The standard InChI is InChI=1S/C11H16N4O3/c1-5-15(6-7(2)16)8-9(12)13(3)11(18)14(4)10(8)17/h5H,1,6,12H2,2-4H3. The summed E-state index contributed by atoms with van der Waals surface area (Å²) in [6.45, 7) is 4.90. The second kappa shape index (κ2) is 4.91. The highest BCUT2D eigenvalue weighted by Gasteiger charge is 2.18. The predicted molar refractivity (Wildman–Crippen MR) is 69.6 cm³/mol. The van der Waals surface area contributed by atoms with Crippen LogP contribution in [-0.2, 0) is 18.9 Å². The number of hydrogen-bond acceptors (Lipinski definition) is 5. The number of nitrogens with zero attached hydrogens (tertiary/aromatic N) is 3. The van der Waals surface area contributed by atoms with Gasteiger partial charge in [0.15, 0.2) is 0 Å². The van der Waals surface area contributed by atoms with Gasteiger partial charge >= 0.3 is 5.69 Å². The molecule has 0 unspecified atom stereocenters. The average molecular weight is 252 g/mol. The van der Waals surface area contributed by atoms with Gasteiger partial charge in [0.05, 0.1) is 6.54 Å². The van der Waals surface area contributed by atoms with Gasteiger partial charge in [-0.3, -0.25) is 18.7 Å². The van der Waals surface area contributed by atoms with Gasteiger partial charge < -0.3 is 10.6 Å². The first-order valence-electron chi connectivity index (χ1n) is 5.25. The van der Waals surface area contributed by atoms with Crippen LogP contribution in [0.4, 0.5) is 11.5 Å². The molecule has 1 heterocycles. The number of hydrogen-bond donors (Lipinski definition) is 1. The van der Waals surface area contributed by atoms with E-state index in [-0.39, 0.29) is 23.8 Å². The van der Waals surface area contributed by atoms with Crippen LogP contribution in [0.2, 0.25) is 0 Å². The van der Waals surface area contributed by atoms with E-state index in [2.05, 4.69) is 6.58 Å². The Morgan fingerprint density at radius 2 is 1.94 bits per heavy atom. The largest absolute Gasteiger partial charge is 0.383 e. The van der Waals surface area contributed by atoms with E-state index in [0.717, 1.165) is 9.13 Å². The van der Waals surface area contributed by atoms with Crippen molar-refractivity contribution in [3.05, 3.63) is 33.6 Å². The third-order valence-electron chi connectivity index (χ3n) is 2.59. The first kappa shape index (κ1) is 13.8. The van der Waals surface area contributed by atoms with Crippen LogP contribution in [0.15, 0.2) is 22.4 Å². The Labute approximate surface area is 104 Å². The highest BCUT2D eigenvalue weighted by Crippen LogP contribution is 2.15. The quantitative estimate of drug-likeness (QED) is 0.758. The van der Waals surface area contributed by atoms with Crippen molar-refractivity contribution < 1.29 is 4.79 Å². The third kappa shape index (κ3) is 2.20. The maximum atomic E-state index is 12.0. The Hall–Kier alpha value is -2.31. The van der Waals surface area contributed by atoms with Crippen LogP contribution in [0.3, 0.4) is 0 Å². The number of rotatable bonds is 4. The van der Waals surface area contributed by atoms with Gasteiger partial charge in [-0.1, -0.05) is 6.58 Å². The van der Waals surface area contributed by atoms with Crippen LogP contribution in [0.1, 0.15) is 6.92 Å².